The van der Waals surface area contributed by atoms with Crippen molar-refractivity contribution < 1.29 is 0 Å². The molecular formula is C22H40IN5S. The number of nitrogens with zero attached hydrogens (tertiary/aromatic N) is 3. The third-order valence-corrected chi connectivity index (χ3v) is 7.25. The van der Waals surface area contributed by atoms with Crippen LogP contribution in [0.4, 0.5) is 0 Å². The maximum atomic E-state index is 5.01. The van der Waals surface area contributed by atoms with Gasteiger partial charge in [0.05, 0.1) is 12.6 Å². The number of hydrogen-bond donors (Lipinski definition) is 2. The maximum Gasteiger partial charge on any atom is 0.191 e. The molecule has 1 aromatic heterocycles. The zero-order valence-electron chi connectivity index (χ0n) is 18.4. The summed E-state index contributed by atoms with van der Waals surface area (Å²) in [4.78, 5) is 11.6. The molecule has 166 valence electrons. The molecule has 29 heavy (non-hydrogen) atoms. The first-order chi connectivity index (χ1) is 13.7. The van der Waals surface area contributed by atoms with E-state index >= 15 is 0 Å². The second kappa shape index (κ2) is 13.1. The molecule has 0 saturated carbocycles. The SMILES string of the molecule is CCNC(=NCC(c1cccs1)N1CCC(C)CC1)NCC1CCN(CC)C1.I. The second-order valence-corrected chi connectivity index (χ2v) is 9.38. The number of likely N-dealkylation sites (tertiary alicyclic amines) is 2. The number of hydrogen-bond acceptors (Lipinski definition) is 4. The maximum absolute atomic E-state index is 5.01. The van der Waals surface area contributed by atoms with E-state index in [1.165, 1.54) is 56.9 Å². The summed E-state index contributed by atoms with van der Waals surface area (Å²) >= 11 is 1.87. The first-order valence-electron chi connectivity index (χ1n) is 11.2. The number of thiophene rings is 1. The van der Waals surface area contributed by atoms with Crippen LogP contribution in [0.5, 0.6) is 0 Å². The molecule has 0 aliphatic carbocycles. The molecule has 2 aliphatic heterocycles. The fourth-order valence-corrected chi connectivity index (χ4v) is 5.19. The van der Waals surface area contributed by atoms with Gasteiger partial charge in [0, 0.05) is 24.5 Å². The first-order valence-corrected chi connectivity index (χ1v) is 12.1. The lowest BCUT2D eigenvalue weighted by molar-refractivity contribution is 0.143. The van der Waals surface area contributed by atoms with Gasteiger partial charge in [0.1, 0.15) is 0 Å². The van der Waals surface area contributed by atoms with E-state index in [0.717, 1.165) is 37.4 Å². The normalized spacial score (nSPS) is 23.0. The lowest BCUT2D eigenvalue weighted by Gasteiger charge is -2.35. The van der Waals surface area contributed by atoms with Crippen LogP contribution < -0.4 is 10.6 Å². The van der Waals surface area contributed by atoms with Crippen molar-refractivity contribution in [1.82, 2.24) is 20.4 Å². The molecule has 0 spiro atoms. The summed E-state index contributed by atoms with van der Waals surface area (Å²) in [5.41, 5.74) is 0. The zero-order valence-corrected chi connectivity index (χ0v) is 21.5. The van der Waals surface area contributed by atoms with Gasteiger partial charge < -0.3 is 15.5 Å². The van der Waals surface area contributed by atoms with E-state index in [1.54, 1.807) is 0 Å². The van der Waals surface area contributed by atoms with Crippen LogP contribution in [0.15, 0.2) is 22.5 Å². The Labute approximate surface area is 198 Å². The standard InChI is InChI=1S/C22H39N5S.HI/c1-4-23-22(24-15-19-10-11-26(5-2)17-19)25-16-20(21-7-6-14-28-21)27-12-8-18(3)9-13-27;/h6-7,14,18-20H,4-5,8-13,15-17H2,1-3H3,(H2,23,24,25);1H. The van der Waals surface area contributed by atoms with Crippen LogP contribution in [0.2, 0.25) is 0 Å². The number of piperidine rings is 1. The molecular weight excluding hydrogens is 493 g/mol. The Balaban J connectivity index is 0.00000300. The fraction of sp³-hybridized carbons (Fsp3) is 0.773. The van der Waals surface area contributed by atoms with Crippen molar-refractivity contribution in [3.05, 3.63) is 22.4 Å². The lowest BCUT2D eigenvalue weighted by Crippen LogP contribution is -2.41. The van der Waals surface area contributed by atoms with Crippen molar-refractivity contribution in [1.29, 1.82) is 0 Å². The monoisotopic (exact) mass is 533 g/mol. The molecule has 2 aliphatic rings. The Kier molecular flexibility index (Phi) is 11.3. The van der Waals surface area contributed by atoms with Gasteiger partial charge in [-0.3, -0.25) is 9.89 Å². The molecule has 2 unspecified atom stereocenters. The van der Waals surface area contributed by atoms with Crippen LogP contribution in [0, 0.1) is 11.8 Å². The minimum atomic E-state index is 0. The summed E-state index contributed by atoms with van der Waals surface area (Å²) < 4.78 is 0. The lowest BCUT2D eigenvalue weighted by atomic mass is 9.97. The highest BCUT2D eigenvalue weighted by Gasteiger charge is 2.25. The molecule has 3 rings (SSSR count). The fourth-order valence-electron chi connectivity index (χ4n) is 4.33. The molecule has 2 N–H and O–H groups in total. The third-order valence-electron chi connectivity index (χ3n) is 6.27. The summed E-state index contributed by atoms with van der Waals surface area (Å²) in [6.07, 6.45) is 3.91. The molecule has 0 amide bonds. The average Bonchev–Trinajstić information content (AvgIpc) is 3.39. The summed E-state index contributed by atoms with van der Waals surface area (Å²) in [5, 5.41) is 9.26. The Morgan fingerprint density at radius 2 is 2.00 bits per heavy atom. The third kappa shape index (κ3) is 7.67. The molecule has 3 heterocycles. The molecule has 2 saturated heterocycles. The minimum Gasteiger partial charge on any atom is -0.357 e. The van der Waals surface area contributed by atoms with E-state index in [-0.39, 0.29) is 24.0 Å². The summed E-state index contributed by atoms with van der Waals surface area (Å²) in [7, 11) is 0. The topological polar surface area (TPSA) is 42.9 Å². The molecule has 0 radical (unpaired) electrons. The quantitative estimate of drug-likeness (QED) is 0.301. The van der Waals surface area contributed by atoms with Gasteiger partial charge in [-0.2, -0.15) is 0 Å². The van der Waals surface area contributed by atoms with Gasteiger partial charge in [-0.15, -0.1) is 35.3 Å². The molecule has 2 fully saturated rings. The minimum absolute atomic E-state index is 0. The summed E-state index contributed by atoms with van der Waals surface area (Å²) in [5.74, 6) is 2.57. The van der Waals surface area contributed by atoms with Crippen LogP contribution in [-0.2, 0) is 0 Å². The number of guanidine groups is 1. The average molecular weight is 534 g/mol. The van der Waals surface area contributed by atoms with E-state index in [0.29, 0.717) is 6.04 Å². The Bertz CT molecular complexity index is 586. The predicted molar refractivity (Wildman–Crippen MR) is 137 cm³/mol. The largest absolute Gasteiger partial charge is 0.357 e. The highest BCUT2D eigenvalue weighted by molar-refractivity contribution is 14.0. The van der Waals surface area contributed by atoms with Crippen LogP contribution >= 0.6 is 35.3 Å². The number of halogens is 1. The van der Waals surface area contributed by atoms with Crippen molar-refractivity contribution in [3.8, 4) is 0 Å². The van der Waals surface area contributed by atoms with E-state index in [4.69, 9.17) is 4.99 Å². The highest BCUT2D eigenvalue weighted by Crippen LogP contribution is 2.29. The van der Waals surface area contributed by atoms with Crippen molar-refractivity contribution in [2.75, 3.05) is 52.4 Å². The number of nitrogens with one attached hydrogen (secondary N) is 2. The molecule has 2 atom stereocenters. The van der Waals surface area contributed by atoms with E-state index < -0.39 is 0 Å². The van der Waals surface area contributed by atoms with Gasteiger partial charge in [0.25, 0.3) is 0 Å². The molecule has 5 nitrogen and oxygen atoms in total. The first kappa shape index (κ1) is 24.9. The van der Waals surface area contributed by atoms with Gasteiger partial charge in [0.15, 0.2) is 5.96 Å². The second-order valence-electron chi connectivity index (χ2n) is 8.40. The Morgan fingerprint density at radius 1 is 1.21 bits per heavy atom. The van der Waals surface area contributed by atoms with Crippen molar-refractivity contribution in [3.63, 3.8) is 0 Å². The molecule has 7 heteroatoms. The van der Waals surface area contributed by atoms with Gasteiger partial charge in [-0.25, -0.2) is 0 Å². The number of aliphatic imine (C=N–C) groups is 1. The highest BCUT2D eigenvalue weighted by atomic mass is 127. The van der Waals surface area contributed by atoms with Gasteiger partial charge >= 0.3 is 0 Å². The van der Waals surface area contributed by atoms with Crippen molar-refractivity contribution >= 4 is 41.3 Å². The molecule has 0 bridgehead atoms. The number of rotatable bonds is 8. The van der Waals surface area contributed by atoms with E-state index in [9.17, 15) is 0 Å². The van der Waals surface area contributed by atoms with Crippen molar-refractivity contribution in [2.24, 2.45) is 16.8 Å². The molecule has 1 aromatic rings. The smallest absolute Gasteiger partial charge is 0.191 e. The van der Waals surface area contributed by atoms with Crippen LogP contribution in [0.1, 0.15) is 51.0 Å². The Hall–Kier alpha value is -0.380. The van der Waals surface area contributed by atoms with E-state index in [1.807, 2.05) is 11.3 Å². The Morgan fingerprint density at radius 3 is 2.62 bits per heavy atom. The predicted octanol–water partition coefficient (Wildman–Crippen LogP) is 4.04. The van der Waals surface area contributed by atoms with Crippen LogP contribution in [-0.4, -0.2) is 68.1 Å². The molecule has 0 aromatic carbocycles. The van der Waals surface area contributed by atoms with Gasteiger partial charge in [-0.05, 0) is 75.6 Å². The summed E-state index contributed by atoms with van der Waals surface area (Å²) in [6.45, 7) is 15.5. The van der Waals surface area contributed by atoms with Crippen LogP contribution in [0.3, 0.4) is 0 Å². The zero-order chi connectivity index (χ0) is 19.8. The van der Waals surface area contributed by atoms with Gasteiger partial charge in [0.2, 0.25) is 0 Å². The van der Waals surface area contributed by atoms with Crippen molar-refractivity contribution in [2.45, 2.75) is 46.1 Å². The van der Waals surface area contributed by atoms with Gasteiger partial charge in [-0.1, -0.05) is 19.9 Å². The van der Waals surface area contributed by atoms with E-state index in [2.05, 4.69) is 58.7 Å². The van der Waals surface area contributed by atoms with Crippen LogP contribution in [0.25, 0.3) is 0 Å². The summed E-state index contributed by atoms with van der Waals surface area (Å²) in [6, 6.07) is 4.86.